The molecule has 0 bridgehead atoms. The maximum absolute atomic E-state index is 9.25. The molecule has 0 aliphatic heterocycles. The first-order valence-electron chi connectivity index (χ1n) is 7.45. The summed E-state index contributed by atoms with van der Waals surface area (Å²) in [5, 5.41) is 9.25. The number of hydrogen-bond donors (Lipinski definition) is 2. The molecular weight excluding hydrogens is 270 g/mol. The van der Waals surface area contributed by atoms with Crippen molar-refractivity contribution in [1.82, 2.24) is 0 Å². The van der Waals surface area contributed by atoms with Gasteiger partial charge < -0.3 is 25.1 Å². The minimum Gasteiger partial charge on any atom is -0.389 e. The highest BCUT2D eigenvalue weighted by Gasteiger charge is 2.06. The zero-order valence-electron chi connectivity index (χ0n) is 12.7. The lowest BCUT2D eigenvalue weighted by atomic mass is 10.2. The third-order valence-corrected chi connectivity index (χ3v) is 2.94. The van der Waals surface area contributed by atoms with Crippen molar-refractivity contribution in [2.24, 2.45) is 5.73 Å². The molecule has 1 aromatic rings. The van der Waals surface area contributed by atoms with Gasteiger partial charge in [0.2, 0.25) is 0 Å². The van der Waals surface area contributed by atoms with Gasteiger partial charge in [-0.2, -0.15) is 0 Å². The van der Waals surface area contributed by atoms with Crippen LogP contribution in [0.5, 0.6) is 0 Å². The van der Waals surface area contributed by atoms with Crippen molar-refractivity contribution in [3.8, 4) is 0 Å². The first kappa shape index (κ1) is 18.1. The summed E-state index contributed by atoms with van der Waals surface area (Å²) in [6.07, 6.45) is 0.922. The quantitative estimate of drug-likeness (QED) is 0.453. The van der Waals surface area contributed by atoms with Gasteiger partial charge in [0.15, 0.2) is 6.29 Å². The number of benzene rings is 1. The molecule has 0 aliphatic rings. The van der Waals surface area contributed by atoms with Gasteiger partial charge in [-0.05, 0) is 25.3 Å². The van der Waals surface area contributed by atoms with E-state index >= 15 is 0 Å². The van der Waals surface area contributed by atoms with Crippen LogP contribution in [0.3, 0.4) is 0 Å². The average molecular weight is 297 g/mol. The number of ether oxygens (including phenoxy) is 3. The van der Waals surface area contributed by atoms with Crippen LogP contribution in [-0.2, 0) is 20.8 Å². The van der Waals surface area contributed by atoms with E-state index in [9.17, 15) is 5.11 Å². The van der Waals surface area contributed by atoms with Gasteiger partial charge in [-0.3, -0.25) is 0 Å². The lowest BCUT2D eigenvalue weighted by Crippen LogP contribution is -2.28. The molecule has 0 saturated carbocycles. The third kappa shape index (κ3) is 9.55. The van der Waals surface area contributed by atoms with Crippen LogP contribution in [0.2, 0.25) is 0 Å². The Hall–Kier alpha value is -0.980. The molecule has 5 nitrogen and oxygen atoms in total. The molecule has 5 heteroatoms. The zero-order valence-corrected chi connectivity index (χ0v) is 12.7. The smallest absolute Gasteiger partial charge is 0.154 e. The summed E-state index contributed by atoms with van der Waals surface area (Å²) in [6, 6.07) is 10.1. The standard InChI is InChI=1S/C16H27NO4/c1-14(21-13-16(18)11-17)20-10-6-5-9-19-12-15-7-3-2-4-8-15/h2-4,7-8,14,16,18H,5-6,9-13,17H2,1H3. The van der Waals surface area contributed by atoms with Crippen molar-refractivity contribution in [1.29, 1.82) is 0 Å². The molecule has 0 heterocycles. The van der Waals surface area contributed by atoms with Gasteiger partial charge in [0.05, 0.1) is 19.3 Å². The van der Waals surface area contributed by atoms with Gasteiger partial charge in [0, 0.05) is 19.8 Å². The van der Waals surface area contributed by atoms with E-state index in [4.69, 9.17) is 19.9 Å². The van der Waals surface area contributed by atoms with Crippen LogP contribution < -0.4 is 5.73 Å². The van der Waals surface area contributed by atoms with Crippen LogP contribution in [0.25, 0.3) is 0 Å². The van der Waals surface area contributed by atoms with Gasteiger partial charge >= 0.3 is 0 Å². The van der Waals surface area contributed by atoms with Crippen molar-refractivity contribution >= 4 is 0 Å². The molecular formula is C16H27NO4. The Labute approximate surface area is 127 Å². The summed E-state index contributed by atoms with van der Waals surface area (Å²) in [5.41, 5.74) is 6.47. The Morgan fingerprint density at radius 3 is 2.52 bits per heavy atom. The predicted octanol–water partition coefficient (Wildman–Crippen LogP) is 1.68. The molecule has 1 aromatic carbocycles. The normalized spacial score (nSPS) is 14.0. The summed E-state index contributed by atoms with van der Waals surface area (Å²) in [5.74, 6) is 0. The van der Waals surface area contributed by atoms with Gasteiger partial charge in [0.25, 0.3) is 0 Å². The highest BCUT2D eigenvalue weighted by Crippen LogP contribution is 2.02. The van der Waals surface area contributed by atoms with Crippen molar-refractivity contribution in [2.75, 3.05) is 26.4 Å². The van der Waals surface area contributed by atoms with E-state index in [-0.39, 0.29) is 19.4 Å². The highest BCUT2D eigenvalue weighted by atomic mass is 16.7. The summed E-state index contributed by atoms with van der Waals surface area (Å²) < 4.78 is 16.4. The van der Waals surface area contributed by atoms with E-state index in [1.807, 2.05) is 25.1 Å². The second-order valence-corrected chi connectivity index (χ2v) is 4.91. The minimum atomic E-state index is -0.623. The van der Waals surface area contributed by atoms with Crippen LogP contribution in [0.4, 0.5) is 0 Å². The highest BCUT2D eigenvalue weighted by molar-refractivity contribution is 5.13. The number of aliphatic hydroxyl groups excluding tert-OH is 1. The Morgan fingerprint density at radius 1 is 1.10 bits per heavy atom. The molecule has 0 fully saturated rings. The van der Waals surface area contributed by atoms with E-state index < -0.39 is 6.10 Å². The predicted molar refractivity (Wildman–Crippen MR) is 81.8 cm³/mol. The van der Waals surface area contributed by atoms with E-state index in [0.29, 0.717) is 13.2 Å². The van der Waals surface area contributed by atoms with Crippen molar-refractivity contribution in [3.63, 3.8) is 0 Å². The number of hydrogen-bond acceptors (Lipinski definition) is 5. The summed E-state index contributed by atoms with van der Waals surface area (Å²) in [4.78, 5) is 0. The third-order valence-electron chi connectivity index (χ3n) is 2.94. The fourth-order valence-corrected chi connectivity index (χ4v) is 1.68. The summed E-state index contributed by atoms with van der Waals surface area (Å²) >= 11 is 0. The molecule has 120 valence electrons. The van der Waals surface area contributed by atoms with E-state index in [2.05, 4.69) is 12.1 Å². The maximum atomic E-state index is 9.25. The fourth-order valence-electron chi connectivity index (χ4n) is 1.68. The molecule has 0 amide bonds. The summed E-state index contributed by atoms with van der Waals surface area (Å²) in [6.45, 7) is 4.21. The lowest BCUT2D eigenvalue weighted by molar-refractivity contribution is -0.146. The second kappa shape index (κ2) is 11.7. The number of unbranched alkanes of at least 4 members (excludes halogenated alkanes) is 1. The Balaban J connectivity index is 1.90. The number of aliphatic hydroxyl groups is 1. The van der Waals surface area contributed by atoms with Crippen LogP contribution in [0.1, 0.15) is 25.3 Å². The molecule has 0 aliphatic carbocycles. The Kier molecular flexibility index (Phi) is 10.0. The van der Waals surface area contributed by atoms with Crippen LogP contribution in [0, 0.1) is 0 Å². The van der Waals surface area contributed by atoms with Crippen molar-refractivity contribution < 1.29 is 19.3 Å². The number of nitrogens with two attached hydrogens (primary N) is 1. The molecule has 0 saturated heterocycles. The lowest BCUT2D eigenvalue weighted by Gasteiger charge is -2.16. The van der Waals surface area contributed by atoms with E-state index in [1.165, 1.54) is 5.56 Å². The fraction of sp³-hybridized carbons (Fsp3) is 0.625. The SMILES string of the molecule is CC(OCCCCOCc1ccccc1)OCC(O)CN. The van der Waals surface area contributed by atoms with Crippen molar-refractivity contribution in [2.45, 2.75) is 38.8 Å². The monoisotopic (exact) mass is 297 g/mol. The van der Waals surface area contributed by atoms with Crippen LogP contribution in [-0.4, -0.2) is 43.9 Å². The first-order valence-corrected chi connectivity index (χ1v) is 7.45. The van der Waals surface area contributed by atoms with Crippen molar-refractivity contribution in [3.05, 3.63) is 35.9 Å². The van der Waals surface area contributed by atoms with E-state index in [0.717, 1.165) is 19.4 Å². The molecule has 1 rings (SSSR count). The Bertz CT molecular complexity index is 347. The molecule has 0 aromatic heterocycles. The van der Waals surface area contributed by atoms with E-state index in [1.54, 1.807) is 0 Å². The maximum Gasteiger partial charge on any atom is 0.154 e. The average Bonchev–Trinajstić information content (AvgIpc) is 2.52. The topological polar surface area (TPSA) is 73.9 Å². The molecule has 2 unspecified atom stereocenters. The molecule has 2 atom stereocenters. The molecule has 3 N–H and O–H groups in total. The number of rotatable bonds is 12. The minimum absolute atomic E-state index is 0.200. The summed E-state index contributed by atoms with van der Waals surface area (Å²) in [7, 11) is 0. The van der Waals surface area contributed by atoms with Gasteiger partial charge in [-0.25, -0.2) is 0 Å². The van der Waals surface area contributed by atoms with Gasteiger partial charge in [-0.15, -0.1) is 0 Å². The van der Waals surface area contributed by atoms with Crippen LogP contribution in [0.15, 0.2) is 30.3 Å². The molecule has 0 radical (unpaired) electrons. The second-order valence-electron chi connectivity index (χ2n) is 4.91. The largest absolute Gasteiger partial charge is 0.389 e. The molecule has 21 heavy (non-hydrogen) atoms. The van der Waals surface area contributed by atoms with Crippen LogP contribution >= 0.6 is 0 Å². The first-order chi connectivity index (χ1) is 10.2. The molecule has 0 spiro atoms. The van der Waals surface area contributed by atoms with Gasteiger partial charge in [-0.1, -0.05) is 30.3 Å². The zero-order chi connectivity index (χ0) is 15.3. The van der Waals surface area contributed by atoms with Gasteiger partial charge in [0.1, 0.15) is 0 Å². The Morgan fingerprint density at radius 2 is 1.81 bits per heavy atom.